The normalized spacial score (nSPS) is 11.3. The highest BCUT2D eigenvalue weighted by Crippen LogP contribution is 2.29. The Balaban J connectivity index is 2.84. The maximum atomic E-state index is 12.2. The van der Waals surface area contributed by atoms with Crippen LogP contribution in [0.4, 0.5) is 8.78 Å². The van der Waals surface area contributed by atoms with Gasteiger partial charge in [-0.1, -0.05) is 0 Å². The summed E-state index contributed by atoms with van der Waals surface area (Å²) in [5, 5.41) is 2.64. The molecule has 0 saturated heterocycles. The van der Waals surface area contributed by atoms with Crippen molar-refractivity contribution >= 4 is 5.91 Å². The number of nitrogens with two attached hydrogens (primary N) is 1. The minimum atomic E-state index is -2.96. The largest absolute Gasteiger partial charge is 0.493 e. The van der Waals surface area contributed by atoms with Gasteiger partial charge in [0.2, 0.25) is 0 Å². The molecule has 0 atom stereocenters. The first kappa shape index (κ1) is 16.2. The van der Waals surface area contributed by atoms with Gasteiger partial charge < -0.3 is 20.5 Å². The fraction of sp³-hybridized carbons (Fsp3) is 0.462. The van der Waals surface area contributed by atoms with E-state index < -0.39 is 12.2 Å². The van der Waals surface area contributed by atoms with E-state index in [-0.39, 0.29) is 29.5 Å². The third kappa shape index (κ3) is 5.00. The van der Waals surface area contributed by atoms with E-state index in [0.717, 1.165) is 0 Å². The molecule has 0 spiro atoms. The van der Waals surface area contributed by atoms with Crippen molar-refractivity contribution in [2.24, 2.45) is 5.73 Å². The van der Waals surface area contributed by atoms with Crippen LogP contribution in [0.1, 0.15) is 24.2 Å². The van der Waals surface area contributed by atoms with E-state index in [0.29, 0.717) is 0 Å². The molecular formula is C13H18F2N2O3. The van der Waals surface area contributed by atoms with Gasteiger partial charge >= 0.3 is 6.61 Å². The second-order valence-corrected chi connectivity index (χ2v) is 4.92. The van der Waals surface area contributed by atoms with Crippen LogP contribution in [0, 0.1) is 0 Å². The van der Waals surface area contributed by atoms with Crippen molar-refractivity contribution in [3.05, 3.63) is 23.8 Å². The third-order valence-electron chi connectivity index (χ3n) is 2.35. The molecule has 1 aromatic rings. The molecule has 0 radical (unpaired) electrons. The summed E-state index contributed by atoms with van der Waals surface area (Å²) in [7, 11) is 1.30. The van der Waals surface area contributed by atoms with Crippen LogP contribution in [0.15, 0.2) is 18.2 Å². The Hall–Kier alpha value is -1.89. The van der Waals surface area contributed by atoms with Crippen molar-refractivity contribution in [2.45, 2.75) is 26.0 Å². The lowest BCUT2D eigenvalue weighted by molar-refractivity contribution is -0.0512. The van der Waals surface area contributed by atoms with Crippen molar-refractivity contribution in [3.63, 3.8) is 0 Å². The molecule has 5 nitrogen and oxygen atoms in total. The number of ether oxygens (including phenoxy) is 2. The molecule has 1 rings (SSSR count). The van der Waals surface area contributed by atoms with Crippen LogP contribution in [0.5, 0.6) is 11.5 Å². The minimum Gasteiger partial charge on any atom is -0.493 e. The molecule has 7 heteroatoms. The van der Waals surface area contributed by atoms with Gasteiger partial charge in [0.15, 0.2) is 11.5 Å². The maximum absolute atomic E-state index is 12.2. The molecule has 0 fully saturated rings. The molecule has 0 unspecified atom stereocenters. The number of carbonyl (C=O) groups is 1. The molecule has 20 heavy (non-hydrogen) atoms. The topological polar surface area (TPSA) is 73.6 Å². The van der Waals surface area contributed by atoms with Crippen molar-refractivity contribution in [2.75, 3.05) is 13.7 Å². The Morgan fingerprint density at radius 3 is 2.55 bits per heavy atom. The predicted octanol–water partition coefficient (Wildman–Crippen LogP) is 1.76. The fourth-order valence-corrected chi connectivity index (χ4v) is 1.41. The summed E-state index contributed by atoms with van der Waals surface area (Å²) in [6.45, 7) is 0.867. The van der Waals surface area contributed by atoms with Crippen LogP contribution in [-0.4, -0.2) is 31.7 Å². The number of hydrogen-bond acceptors (Lipinski definition) is 4. The first-order chi connectivity index (χ1) is 9.23. The average Bonchev–Trinajstić information content (AvgIpc) is 2.34. The fourth-order valence-electron chi connectivity index (χ4n) is 1.41. The molecule has 1 aromatic carbocycles. The van der Waals surface area contributed by atoms with Crippen LogP contribution >= 0.6 is 0 Å². The highest BCUT2D eigenvalue weighted by atomic mass is 19.3. The van der Waals surface area contributed by atoms with E-state index >= 15 is 0 Å². The number of alkyl halides is 2. The Kier molecular flexibility index (Phi) is 5.26. The highest BCUT2D eigenvalue weighted by molar-refractivity contribution is 5.94. The number of methoxy groups -OCH3 is 1. The Labute approximate surface area is 116 Å². The summed E-state index contributed by atoms with van der Waals surface area (Å²) in [6.07, 6.45) is 0. The first-order valence-electron chi connectivity index (χ1n) is 5.93. The van der Waals surface area contributed by atoms with Gasteiger partial charge in [-0.05, 0) is 32.0 Å². The molecule has 0 aromatic heterocycles. The SMILES string of the molecule is COc1cc(C(=O)NCC(C)(C)N)ccc1OC(F)F. The monoisotopic (exact) mass is 288 g/mol. The molecule has 0 aliphatic rings. The first-order valence-corrected chi connectivity index (χ1v) is 5.93. The molecule has 0 saturated carbocycles. The number of nitrogens with one attached hydrogen (secondary N) is 1. The maximum Gasteiger partial charge on any atom is 0.387 e. The van der Waals surface area contributed by atoms with Crippen LogP contribution in [-0.2, 0) is 0 Å². The van der Waals surface area contributed by atoms with Crippen LogP contribution in [0.3, 0.4) is 0 Å². The second kappa shape index (κ2) is 6.51. The minimum absolute atomic E-state index is 0.0601. The quantitative estimate of drug-likeness (QED) is 0.836. The summed E-state index contributed by atoms with van der Waals surface area (Å²) in [4.78, 5) is 11.9. The van der Waals surface area contributed by atoms with E-state index in [2.05, 4.69) is 10.1 Å². The van der Waals surface area contributed by atoms with E-state index in [4.69, 9.17) is 10.5 Å². The van der Waals surface area contributed by atoms with Crippen LogP contribution in [0.25, 0.3) is 0 Å². The number of halogens is 2. The molecule has 0 aliphatic heterocycles. The van der Waals surface area contributed by atoms with Crippen molar-refractivity contribution in [3.8, 4) is 11.5 Å². The summed E-state index contributed by atoms with van der Waals surface area (Å²) in [6, 6.07) is 3.96. The molecule has 112 valence electrons. The van der Waals surface area contributed by atoms with Gasteiger partial charge in [0, 0.05) is 17.6 Å². The molecule has 3 N–H and O–H groups in total. The van der Waals surface area contributed by atoms with Crippen molar-refractivity contribution in [1.29, 1.82) is 0 Å². The lowest BCUT2D eigenvalue weighted by Crippen LogP contribution is -2.45. The number of benzene rings is 1. The summed E-state index contributed by atoms with van der Waals surface area (Å²) >= 11 is 0. The average molecular weight is 288 g/mol. The second-order valence-electron chi connectivity index (χ2n) is 4.92. The molecule has 0 heterocycles. The zero-order valence-corrected chi connectivity index (χ0v) is 11.6. The molecule has 0 aliphatic carbocycles. The number of rotatable bonds is 6. The van der Waals surface area contributed by atoms with Gasteiger partial charge in [0.25, 0.3) is 5.91 Å². The molecular weight excluding hydrogens is 270 g/mol. The van der Waals surface area contributed by atoms with Gasteiger partial charge in [-0.3, -0.25) is 4.79 Å². The van der Waals surface area contributed by atoms with Crippen molar-refractivity contribution < 1.29 is 23.0 Å². The van der Waals surface area contributed by atoms with Gasteiger partial charge in [-0.2, -0.15) is 8.78 Å². The van der Waals surface area contributed by atoms with E-state index in [1.165, 1.54) is 25.3 Å². The third-order valence-corrected chi connectivity index (χ3v) is 2.35. The van der Waals surface area contributed by atoms with Crippen LogP contribution in [0.2, 0.25) is 0 Å². The standard InChI is InChI=1S/C13H18F2N2O3/c1-13(2,16)7-17-11(18)8-4-5-9(20-12(14)15)10(6-8)19-3/h4-6,12H,7,16H2,1-3H3,(H,17,18). The molecule has 1 amide bonds. The predicted molar refractivity (Wildman–Crippen MR) is 70.2 cm³/mol. The Morgan fingerprint density at radius 1 is 1.40 bits per heavy atom. The number of amides is 1. The van der Waals surface area contributed by atoms with Gasteiger partial charge in [0.1, 0.15) is 0 Å². The smallest absolute Gasteiger partial charge is 0.387 e. The number of carbonyl (C=O) groups excluding carboxylic acids is 1. The molecule has 0 bridgehead atoms. The summed E-state index contributed by atoms with van der Waals surface area (Å²) in [5.41, 5.74) is 5.48. The van der Waals surface area contributed by atoms with Gasteiger partial charge in [-0.15, -0.1) is 0 Å². The van der Waals surface area contributed by atoms with Gasteiger partial charge in [0.05, 0.1) is 7.11 Å². The van der Waals surface area contributed by atoms with E-state index in [1.54, 1.807) is 13.8 Å². The van der Waals surface area contributed by atoms with Gasteiger partial charge in [-0.25, -0.2) is 0 Å². The lowest BCUT2D eigenvalue weighted by Gasteiger charge is -2.19. The highest BCUT2D eigenvalue weighted by Gasteiger charge is 2.16. The summed E-state index contributed by atoms with van der Waals surface area (Å²) < 4.78 is 33.5. The van der Waals surface area contributed by atoms with Crippen molar-refractivity contribution in [1.82, 2.24) is 5.32 Å². The Bertz CT molecular complexity index is 473. The lowest BCUT2D eigenvalue weighted by atomic mass is 10.1. The van der Waals surface area contributed by atoms with Crippen LogP contribution < -0.4 is 20.5 Å². The zero-order valence-electron chi connectivity index (χ0n) is 11.6. The zero-order chi connectivity index (χ0) is 15.3. The summed E-state index contributed by atoms with van der Waals surface area (Å²) in [5.74, 6) is -0.436. The van der Waals surface area contributed by atoms with E-state index in [1.807, 2.05) is 0 Å². The number of hydrogen-bond donors (Lipinski definition) is 2. The van der Waals surface area contributed by atoms with E-state index in [9.17, 15) is 13.6 Å². The Morgan fingerprint density at radius 2 is 2.05 bits per heavy atom.